The Hall–Kier alpha value is -2.18. The van der Waals surface area contributed by atoms with E-state index in [1.165, 1.54) is 7.11 Å². The van der Waals surface area contributed by atoms with Crippen molar-refractivity contribution in [1.82, 2.24) is 10.0 Å². The van der Waals surface area contributed by atoms with E-state index in [1.807, 2.05) is 0 Å². The van der Waals surface area contributed by atoms with Crippen LogP contribution in [0.15, 0.2) is 12.1 Å². The molecule has 0 aliphatic rings. The molecule has 2 rings (SSSR count). The highest BCUT2D eigenvalue weighted by molar-refractivity contribution is 6.01. The Bertz CT molecular complexity index is 580. The van der Waals surface area contributed by atoms with Crippen molar-refractivity contribution in [2.45, 2.75) is 0 Å². The third kappa shape index (κ3) is 1.37. The van der Waals surface area contributed by atoms with Gasteiger partial charge in [0.2, 0.25) is 0 Å². The van der Waals surface area contributed by atoms with Crippen LogP contribution in [0.25, 0.3) is 10.9 Å². The second-order valence-electron chi connectivity index (χ2n) is 3.02. The molecule has 0 aliphatic carbocycles. The molecular formula is C9H6F2N2O3. The van der Waals surface area contributed by atoms with Gasteiger partial charge < -0.3 is 9.84 Å². The molecule has 0 radical (unpaired) electrons. The molecule has 16 heavy (non-hydrogen) atoms. The van der Waals surface area contributed by atoms with Crippen molar-refractivity contribution in [3.8, 4) is 5.75 Å². The molecule has 0 atom stereocenters. The van der Waals surface area contributed by atoms with Crippen LogP contribution in [0.1, 0.15) is 10.5 Å². The Balaban J connectivity index is 2.85. The molecule has 1 aromatic heterocycles. The number of aromatic nitrogens is 2. The van der Waals surface area contributed by atoms with E-state index < -0.39 is 17.5 Å². The van der Waals surface area contributed by atoms with Crippen LogP contribution in [-0.2, 0) is 0 Å². The topological polar surface area (TPSA) is 64.3 Å². The molecule has 0 saturated heterocycles. The quantitative estimate of drug-likeness (QED) is 0.848. The van der Waals surface area contributed by atoms with Gasteiger partial charge in [0.15, 0.2) is 5.69 Å². The number of ether oxygens (including phenoxy) is 1. The van der Waals surface area contributed by atoms with E-state index in [9.17, 15) is 13.7 Å². The summed E-state index contributed by atoms with van der Waals surface area (Å²) in [6.45, 7) is 0. The summed E-state index contributed by atoms with van der Waals surface area (Å²) in [6, 6.07) is 2.13. The van der Waals surface area contributed by atoms with Gasteiger partial charge in [-0.1, -0.05) is 9.39 Å². The number of hydrogen-bond donors (Lipinski definition) is 1. The lowest BCUT2D eigenvalue weighted by Gasteiger charge is -2.00. The first-order chi connectivity index (χ1) is 7.54. The molecule has 0 aliphatic heterocycles. The normalized spacial score (nSPS) is 10.7. The summed E-state index contributed by atoms with van der Waals surface area (Å²) in [5.41, 5.74) is -0.952. The van der Waals surface area contributed by atoms with Gasteiger partial charge in [0.25, 0.3) is 0 Å². The molecule has 2 aromatic rings. The van der Waals surface area contributed by atoms with Gasteiger partial charge in [-0.05, 0) is 0 Å². The highest BCUT2D eigenvalue weighted by Gasteiger charge is 2.21. The molecule has 0 fully saturated rings. The van der Waals surface area contributed by atoms with Crippen molar-refractivity contribution in [2.75, 3.05) is 7.11 Å². The van der Waals surface area contributed by atoms with E-state index in [1.54, 1.807) is 0 Å². The van der Waals surface area contributed by atoms with Gasteiger partial charge in [-0.25, -0.2) is 9.18 Å². The average Bonchev–Trinajstić information content (AvgIpc) is 2.57. The summed E-state index contributed by atoms with van der Waals surface area (Å²) in [4.78, 5) is 10.5. The largest absolute Gasteiger partial charge is 0.497 e. The highest BCUT2D eigenvalue weighted by Crippen LogP contribution is 2.27. The van der Waals surface area contributed by atoms with Crippen LogP contribution in [0.5, 0.6) is 5.75 Å². The van der Waals surface area contributed by atoms with E-state index in [4.69, 9.17) is 9.84 Å². The Labute approximate surface area is 87.8 Å². The summed E-state index contributed by atoms with van der Waals surface area (Å²) in [6.07, 6.45) is 0. The maximum absolute atomic E-state index is 13.5. The second-order valence-corrected chi connectivity index (χ2v) is 3.02. The van der Waals surface area contributed by atoms with Crippen LogP contribution in [0.3, 0.4) is 0 Å². The van der Waals surface area contributed by atoms with Gasteiger partial charge in [-0.3, -0.25) is 0 Å². The predicted molar refractivity (Wildman–Crippen MR) is 49.7 cm³/mol. The van der Waals surface area contributed by atoms with E-state index in [-0.39, 0.29) is 21.6 Å². The summed E-state index contributed by atoms with van der Waals surface area (Å²) < 4.78 is 31.4. The monoisotopic (exact) mass is 228 g/mol. The lowest BCUT2D eigenvalue weighted by Crippen LogP contribution is -1.98. The van der Waals surface area contributed by atoms with Crippen molar-refractivity contribution in [3.05, 3.63) is 23.6 Å². The molecule has 1 N–H and O–H groups in total. The zero-order valence-electron chi connectivity index (χ0n) is 8.07. The van der Waals surface area contributed by atoms with Gasteiger partial charge in [0, 0.05) is 12.1 Å². The average molecular weight is 228 g/mol. The molecule has 0 saturated carbocycles. The number of aromatic carboxylic acids is 1. The molecule has 0 spiro atoms. The maximum Gasteiger partial charge on any atom is 0.357 e. The number of fused-ring (bicyclic) bond motifs is 1. The van der Waals surface area contributed by atoms with E-state index in [2.05, 4.69) is 5.10 Å². The number of carboxylic acids is 1. The highest BCUT2D eigenvalue weighted by atomic mass is 19.2. The summed E-state index contributed by atoms with van der Waals surface area (Å²) in [5.74, 6) is -2.30. The molecule has 0 unspecified atom stereocenters. The van der Waals surface area contributed by atoms with Gasteiger partial charge >= 0.3 is 5.97 Å². The Morgan fingerprint density at radius 3 is 2.81 bits per heavy atom. The minimum absolute atomic E-state index is 0.0840. The first-order valence-corrected chi connectivity index (χ1v) is 4.20. The Morgan fingerprint density at radius 1 is 1.56 bits per heavy atom. The van der Waals surface area contributed by atoms with Crippen LogP contribution in [0.2, 0.25) is 0 Å². The van der Waals surface area contributed by atoms with Gasteiger partial charge in [-0.2, -0.15) is 0 Å². The number of rotatable bonds is 2. The first kappa shape index (κ1) is 10.3. The van der Waals surface area contributed by atoms with Crippen LogP contribution >= 0.6 is 0 Å². The van der Waals surface area contributed by atoms with Crippen molar-refractivity contribution in [1.29, 1.82) is 0 Å². The SMILES string of the molecule is COc1cc(F)c2c(C(=O)O)nn(F)c2c1. The smallest absolute Gasteiger partial charge is 0.357 e. The molecule has 0 bridgehead atoms. The fourth-order valence-corrected chi connectivity index (χ4v) is 1.41. The third-order valence-electron chi connectivity index (χ3n) is 2.10. The summed E-state index contributed by atoms with van der Waals surface area (Å²) in [7, 11) is 1.29. The van der Waals surface area contributed by atoms with Crippen LogP contribution in [-0.4, -0.2) is 28.2 Å². The van der Waals surface area contributed by atoms with Gasteiger partial charge in [0.05, 0.1) is 12.5 Å². The summed E-state index contributed by atoms with van der Waals surface area (Å²) in [5, 5.41) is 11.4. The van der Waals surface area contributed by atoms with E-state index in [0.717, 1.165) is 12.1 Å². The van der Waals surface area contributed by atoms with Crippen molar-refractivity contribution in [2.24, 2.45) is 0 Å². The van der Waals surface area contributed by atoms with E-state index in [0.29, 0.717) is 0 Å². The fraction of sp³-hybridized carbons (Fsp3) is 0.111. The molecule has 0 amide bonds. The van der Waals surface area contributed by atoms with Crippen LogP contribution in [0.4, 0.5) is 8.87 Å². The minimum Gasteiger partial charge on any atom is -0.497 e. The summed E-state index contributed by atoms with van der Waals surface area (Å²) >= 11 is 0. The molecule has 84 valence electrons. The van der Waals surface area contributed by atoms with Crippen LogP contribution < -0.4 is 4.74 Å². The predicted octanol–water partition coefficient (Wildman–Crippen LogP) is 1.61. The van der Waals surface area contributed by atoms with Crippen molar-refractivity contribution >= 4 is 16.9 Å². The lowest BCUT2D eigenvalue weighted by atomic mass is 10.2. The third-order valence-corrected chi connectivity index (χ3v) is 2.10. The molecule has 1 aromatic carbocycles. The number of carbonyl (C=O) groups is 1. The number of nitrogens with zero attached hydrogens (tertiary/aromatic N) is 2. The molecular weight excluding hydrogens is 222 g/mol. The zero-order valence-corrected chi connectivity index (χ0v) is 8.07. The first-order valence-electron chi connectivity index (χ1n) is 4.20. The van der Waals surface area contributed by atoms with Crippen LogP contribution in [0, 0.1) is 5.82 Å². The maximum atomic E-state index is 13.5. The Morgan fingerprint density at radius 2 is 2.25 bits per heavy atom. The zero-order chi connectivity index (χ0) is 11.9. The number of halogens is 2. The van der Waals surface area contributed by atoms with E-state index >= 15 is 0 Å². The molecule has 1 heterocycles. The van der Waals surface area contributed by atoms with Gasteiger partial charge in [-0.15, -0.1) is 5.10 Å². The molecule has 7 heteroatoms. The standard InChI is InChI=1S/C9H6F2N2O3/c1-16-4-2-5(10)7-6(3-4)13(11)12-8(7)9(14)15/h2-3H,1H3,(H,14,15). The molecule has 5 nitrogen and oxygen atoms in total. The Kier molecular flexibility index (Phi) is 2.22. The lowest BCUT2D eigenvalue weighted by molar-refractivity contribution is 0.0688. The number of methoxy groups -OCH3 is 1. The number of hydrogen-bond acceptors (Lipinski definition) is 3. The number of carboxylic acid groups (broad SMARTS) is 1. The number of benzene rings is 1. The van der Waals surface area contributed by atoms with Gasteiger partial charge in [0.1, 0.15) is 17.1 Å². The second kappa shape index (κ2) is 3.44. The van der Waals surface area contributed by atoms with Crippen molar-refractivity contribution in [3.63, 3.8) is 0 Å². The van der Waals surface area contributed by atoms with Crippen molar-refractivity contribution < 1.29 is 23.5 Å². The minimum atomic E-state index is -1.49. The fourth-order valence-electron chi connectivity index (χ4n) is 1.41.